The number of carbonyl (C=O) groups excluding carboxylic acids is 1. The van der Waals surface area contributed by atoms with Crippen molar-refractivity contribution in [2.24, 2.45) is 11.8 Å². The summed E-state index contributed by atoms with van der Waals surface area (Å²) >= 11 is 0. The maximum Gasteiger partial charge on any atom is 0.151 e. The van der Waals surface area contributed by atoms with E-state index in [1.54, 1.807) is 6.20 Å². The van der Waals surface area contributed by atoms with Crippen molar-refractivity contribution in [3.8, 4) is 0 Å². The maximum absolute atomic E-state index is 10.6. The largest absolute Gasteiger partial charge is 0.356 e. The van der Waals surface area contributed by atoms with E-state index in [0.29, 0.717) is 17.4 Å². The molecule has 0 atom stereocenters. The Morgan fingerprint density at radius 3 is 2.12 bits per heavy atom. The number of pyridine rings is 1. The summed E-state index contributed by atoms with van der Waals surface area (Å²) in [5, 5.41) is 0. The van der Waals surface area contributed by atoms with Gasteiger partial charge in [-0.3, -0.25) is 4.79 Å². The van der Waals surface area contributed by atoms with Gasteiger partial charge in [-0.2, -0.15) is 0 Å². The van der Waals surface area contributed by atoms with Crippen LogP contribution in [0.5, 0.6) is 0 Å². The second kappa shape index (κ2) is 6.38. The number of hydrogen-bond donors (Lipinski definition) is 0. The van der Waals surface area contributed by atoms with Crippen molar-refractivity contribution in [3.05, 3.63) is 23.9 Å². The number of anilines is 1. The molecule has 0 saturated heterocycles. The highest BCUT2D eigenvalue weighted by molar-refractivity contribution is 5.74. The third-order valence-electron chi connectivity index (χ3n) is 2.40. The van der Waals surface area contributed by atoms with Crippen LogP contribution in [0, 0.1) is 11.8 Å². The molecule has 0 spiro atoms. The quantitative estimate of drug-likeness (QED) is 0.709. The molecule has 0 saturated carbocycles. The average Bonchev–Trinajstić information content (AvgIpc) is 2.27. The predicted octanol–water partition coefficient (Wildman–Crippen LogP) is 3.01. The molecule has 0 aromatic carbocycles. The zero-order valence-electron chi connectivity index (χ0n) is 11.2. The van der Waals surface area contributed by atoms with E-state index in [0.717, 1.165) is 25.2 Å². The van der Waals surface area contributed by atoms with Crippen molar-refractivity contribution >= 4 is 12.1 Å². The lowest BCUT2D eigenvalue weighted by molar-refractivity contribution is 0.112. The van der Waals surface area contributed by atoms with Crippen molar-refractivity contribution in [2.45, 2.75) is 27.7 Å². The second-order valence-electron chi connectivity index (χ2n) is 5.26. The number of rotatable bonds is 6. The summed E-state index contributed by atoms with van der Waals surface area (Å²) in [6.07, 6.45) is 2.46. The number of aldehydes is 1. The Kier molecular flexibility index (Phi) is 5.13. The normalized spacial score (nSPS) is 10.9. The number of carbonyl (C=O) groups is 1. The van der Waals surface area contributed by atoms with Gasteiger partial charge in [0.25, 0.3) is 0 Å². The molecule has 1 heterocycles. The average molecular weight is 234 g/mol. The zero-order valence-corrected chi connectivity index (χ0v) is 11.2. The van der Waals surface area contributed by atoms with Crippen molar-refractivity contribution < 1.29 is 4.79 Å². The van der Waals surface area contributed by atoms with Crippen molar-refractivity contribution in [2.75, 3.05) is 18.0 Å². The van der Waals surface area contributed by atoms with E-state index in [2.05, 4.69) is 37.6 Å². The lowest BCUT2D eigenvalue weighted by Gasteiger charge is -2.27. The first-order valence-corrected chi connectivity index (χ1v) is 6.19. The van der Waals surface area contributed by atoms with Crippen LogP contribution in [0.25, 0.3) is 0 Å². The van der Waals surface area contributed by atoms with Gasteiger partial charge in [-0.15, -0.1) is 0 Å². The van der Waals surface area contributed by atoms with Crippen LogP contribution in [-0.4, -0.2) is 24.4 Å². The van der Waals surface area contributed by atoms with Gasteiger partial charge >= 0.3 is 0 Å². The molecule has 0 aliphatic heterocycles. The van der Waals surface area contributed by atoms with Gasteiger partial charge in [-0.05, 0) is 24.0 Å². The molecule has 0 amide bonds. The van der Waals surface area contributed by atoms with Gasteiger partial charge < -0.3 is 4.90 Å². The molecule has 1 rings (SSSR count). The van der Waals surface area contributed by atoms with Crippen LogP contribution in [0.4, 0.5) is 5.82 Å². The molecular formula is C14H22N2O. The zero-order chi connectivity index (χ0) is 12.8. The Morgan fingerprint density at radius 1 is 1.18 bits per heavy atom. The smallest absolute Gasteiger partial charge is 0.151 e. The fourth-order valence-corrected chi connectivity index (χ4v) is 1.80. The van der Waals surface area contributed by atoms with E-state index in [1.807, 2.05) is 12.1 Å². The van der Waals surface area contributed by atoms with Gasteiger partial charge in [0.05, 0.1) is 0 Å². The molecule has 0 bridgehead atoms. The first kappa shape index (κ1) is 13.7. The minimum absolute atomic E-state index is 0.598. The lowest BCUT2D eigenvalue weighted by atomic mass is 10.1. The van der Waals surface area contributed by atoms with Crippen molar-refractivity contribution in [3.63, 3.8) is 0 Å². The van der Waals surface area contributed by atoms with Crippen LogP contribution >= 0.6 is 0 Å². The summed E-state index contributed by atoms with van der Waals surface area (Å²) in [5.41, 5.74) is 0.628. The molecule has 17 heavy (non-hydrogen) atoms. The van der Waals surface area contributed by atoms with Crippen LogP contribution in [0.2, 0.25) is 0 Å². The highest BCUT2D eigenvalue weighted by Gasteiger charge is 2.11. The Bertz CT molecular complexity index is 334. The molecule has 1 aromatic rings. The molecule has 0 aliphatic carbocycles. The molecule has 0 aliphatic rings. The monoisotopic (exact) mass is 234 g/mol. The lowest BCUT2D eigenvalue weighted by Crippen LogP contribution is -2.31. The fraction of sp³-hybridized carbons (Fsp3) is 0.571. The maximum atomic E-state index is 10.6. The summed E-state index contributed by atoms with van der Waals surface area (Å²) in [4.78, 5) is 17.2. The summed E-state index contributed by atoms with van der Waals surface area (Å²) in [5.74, 6) is 2.15. The van der Waals surface area contributed by atoms with Crippen LogP contribution in [0.1, 0.15) is 38.1 Å². The van der Waals surface area contributed by atoms with Gasteiger partial charge in [0.2, 0.25) is 0 Å². The Hall–Kier alpha value is -1.38. The summed E-state index contributed by atoms with van der Waals surface area (Å²) in [7, 11) is 0. The standard InChI is InChI=1S/C14H22N2O/c1-11(2)8-16(9-12(3)4)14-6-5-13(10-17)7-15-14/h5-7,10-12H,8-9H2,1-4H3. The summed E-state index contributed by atoms with van der Waals surface area (Å²) < 4.78 is 0. The first-order chi connectivity index (χ1) is 8.02. The van der Waals surface area contributed by atoms with Crippen LogP contribution in [-0.2, 0) is 0 Å². The third kappa shape index (κ3) is 4.55. The van der Waals surface area contributed by atoms with Crippen molar-refractivity contribution in [1.82, 2.24) is 4.98 Å². The predicted molar refractivity (Wildman–Crippen MR) is 71.5 cm³/mol. The van der Waals surface area contributed by atoms with E-state index in [1.165, 1.54) is 0 Å². The van der Waals surface area contributed by atoms with E-state index < -0.39 is 0 Å². The van der Waals surface area contributed by atoms with Gasteiger partial charge in [-0.25, -0.2) is 4.98 Å². The molecule has 94 valence electrons. The fourth-order valence-electron chi connectivity index (χ4n) is 1.80. The van der Waals surface area contributed by atoms with Gasteiger partial charge in [0.1, 0.15) is 5.82 Å². The minimum Gasteiger partial charge on any atom is -0.356 e. The Labute approximate surface area is 104 Å². The molecular weight excluding hydrogens is 212 g/mol. The minimum atomic E-state index is 0.598. The highest BCUT2D eigenvalue weighted by atomic mass is 16.1. The Balaban J connectivity index is 2.83. The van der Waals surface area contributed by atoms with E-state index in [-0.39, 0.29) is 0 Å². The molecule has 0 N–H and O–H groups in total. The first-order valence-electron chi connectivity index (χ1n) is 6.19. The molecule has 3 heteroatoms. The van der Waals surface area contributed by atoms with Gasteiger partial charge in [-0.1, -0.05) is 27.7 Å². The number of nitrogens with zero attached hydrogens (tertiary/aromatic N) is 2. The van der Waals surface area contributed by atoms with Crippen LogP contribution in [0.15, 0.2) is 18.3 Å². The second-order valence-corrected chi connectivity index (χ2v) is 5.26. The summed E-state index contributed by atoms with van der Waals surface area (Å²) in [6, 6.07) is 3.75. The van der Waals surface area contributed by atoms with E-state index in [4.69, 9.17) is 0 Å². The van der Waals surface area contributed by atoms with Crippen LogP contribution in [0.3, 0.4) is 0 Å². The molecule has 3 nitrogen and oxygen atoms in total. The van der Waals surface area contributed by atoms with Crippen molar-refractivity contribution in [1.29, 1.82) is 0 Å². The SMILES string of the molecule is CC(C)CN(CC(C)C)c1ccc(C=O)cn1. The van der Waals surface area contributed by atoms with E-state index >= 15 is 0 Å². The van der Waals surface area contributed by atoms with Gasteiger partial charge in [0, 0.05) is 24.8 Å². The topological polar surface area (TPSA) is 33.2 Å². The molecule has 0 fully saturated rings. The molecule has 0 radical (unpaired) electrons. The highest BCUT2D eigenvalue weighted by Crippen LogP contribution is 2.14. The number of aromatic nitrogens is 1. The Morgan fingerprint density at radius 2 is 1.76 bits per heavy atom. The van der Waals surface area contributed by atoms with Crippen LogP contribution < -0.4 is 4.90 Å². The molecule has 1 aromatic heterocycles. The van der Waals surface area contributed by atoms with E-state index in [9.17, 15) is 4.79 Å². The summed E-state index contributed by atoms with van der Waals surface area (Å²) in [6.45, 7) is 10.8. The molecule has 0 unspecified atom stereocenters. The number of hydrogen-bond acceptors (Lipinski definition) is 3. The third-order valence-corrected chi connectivity index (χ3v) is 2.40. The van der Waals surface area contributed by atoms with Gasteiger partial charge in [0.15, 0.2) is 6.29 Å².